The van der Waals surface area contributed by atoms with E-state index in [1.54, 1.807) is 0 Å². The minimum atomic E-state index is 0. The van der Waals surface area contributed by atoms with Gasteiger partial charge in [0.1, 0.15) is 0 Å². The molecular weight excluding hydrogens is 266 g/mol. The maximum absolute atomic E-state index is 8.25. The molecule has 0 heterocycles. The fourth-order valence-electron chi connectivity index (χ4n) is 0. The molecule has 0 spiro atoms. The van der Waals surface area contributed by atoms with Gasteiger partial charge in [-0.05, 0) is 0 Å². The van der Waals surface area contributed by atoms with Crippen LogP contribution in [0.4, 0.5) is 0 Å². The van der Waals surface area contributed by atoms with Crippen molar-refractivity contribution in [2.75, 3.05) is 0 Å². The van der Waals surface area contributed by atoms with Gasteiger partial charge in [-0.1, -0.05) is 0 Å². The molecule has 0 rings (SSSR count). The summed E-state index contributed by atoms with van der Waals surface area (Å²) in [6, 6.07) is 0. The molecule has 31 valence electrons. The van der Waals surface area contributed by atoms with E-state index < -0.39 is 0 Å². The molecule has 0 aromatic rings. The first-order valence-electron chi connectivity index (χ1n) is 0.204. The molecule has 0 atom stereocenters. The molecule has 0 amide bonds. The van der Waals surface area contributed by atoms with E-state index in [0.29, 0.717) is 0 Å². The van der Waals surface area contributed by atoms with E-state index in [2.05, 4.69) is 0 Å². The van der Waals surface area contributed by atoms with Crippen LogP contribution in [-0.2, 0) is 76.8 Å². The van der Waals surface area contributed by atoms with Crippen molar-refractivity contribution >= 4 is 29.6 Å². The Morgan fingerprint density at radius 2 is 1.17 bits per heavy atom. The Labute approximate surface area is 104 Å². The van der Waals surface area contributed by atoms with Gasteiger partial charge in [0.15, 0.2) is 0 Å². The Hall–Kier alpha value is 3.15. The zero-order valence-corrected chi connectivity index (χ0v) is 9.01. The monoisotopic (exact) mass is 265 g/mol. The van der Waals surface area contributed by atoms with Gasteiger partial charge in [-0.2, -0.15) is 0 Å². The zero-order chi connectivity index (χ0) is 2.00. The third-order valence-electron chi connectivity index (χ3n) is 0. The number of hydrogen-bond acceptors (Lipinski definition) is 1. The van der Waals surface area contributed by atoms with Crippen LogP contribution >= 0.6 is 0 Å². The van der Waals surface area contributed by atoms with Gasteiger partial charge in [-0.3, -0.25) is 0 Å². The van der Waals surface area contributed by atoms with E-state index in [9.17, 15) is 0 Å². The second-order valence-corrected chi connectivity index (χ2v) is 0. The minimum absolute atomic E-state index is 0. The van der Waals surface area contributed by atoms with Crippen LogP contribution in [0.1, 0.15) is 0 Å². The molecule has 1 radical (unpaired) electrons. The van der Waals surface area contributed by atoms with Crippen molar-refractivity contribution in [2.45, 2.75) is 0 Å². The van der Waals surface area contributed by atoms with Gasteiger partial charge in [-0.25, -0.2) is 0 Å². The van der Waals surface area contributed by atoms with Crippen LogP contribution in [-0.4, -0.2) is 29.6 Å². The predicted octanol–water partition coefficient (Wildman–Crippen LogP) is -0.777. The quantitative estimate of drug-likeness (QED) is 0.526. The first-order valence-corrected chi connectivity index (χ1v) is 0.842. The van der Waals surface area contributed by atoms with Crippen LogP contribution in [0.25, 0.3) is 0 Å². The molecule has 0 fully saturated rings. The molecule has 0 aromatic carbocycles. The van der Waals surface area contributed by atoms with Crippen LogP contribution in [0.2, 0.25) is 0 Å². The fraction of sp³-hybridized carbons (Fsp3) is 0. The first kappa shape index (κ1) is 35.3. The molecule has 0 aliphatic carbocycles. The summed E-state index contributed by atoms with van der Waals surface area (Å²) in [7, 11) is 0. The zero-order valence-electron chi connectivity index (χ0n) is 2.31. The topological polar surface area (TPSA) is 17.1 Å². The summed E-state index contributed by atoms with van der Waals surface area (Å²) in [5.74, 6) is 0. The van der Waals surface area contributed by atoms with Crippen molar-refractivity contribution < 1.29 is 76.8 Å². The van der Waals surface area contributed by atoms with Crippen LogP contribution in [0.15, 0.2) is 0 Å². The average Bonchev–Trinajstić information content (AvgIpc) is 1.00. The molecule has 0 saturated carbocycles. The molecule has 0 aliphatic heterocycles. The van der Waals surface area contributed by atoms with Crippen LogP contribution in [0.5, 0.6) is 0 Å². The molecule has 0 aromatic heterocycles. The molecule has 0 aliphatic rings. The van der Waals surface area contributed by atoms with Gasteiger partial charge in [0.25, 0.3) is 0 Å². The van der Waals surface area contributed by atoms with Crippen molar-refractivity contribution in [1.82, 2.24) is 0 Å². The fourth-order valence-corrected chi connectivity index (χ4v) is 0. The Bertz CT molecular complexity index is 15.5. The van der Waals surface area contributed by atoms with E-state index in [1.807, 2.05) is 0 Å². The van der Waals surface area contributed by atoms with E-state index in [1.165, 1.54) is 0 Å². The van der Waals surface area contributed by atoms with Gasteiger partial charge in [-0.15, -0.1) is 0 Å². The van der Waals surface area contributed by atoms with Crippen molar-refractivity contribution in [3.8, 4) is 0 Å². The second kappa shape index (κ2) is 42.0. The van der Waals surface area contributed by atoms with Gasteiger partial charge in [0.2, 0.25) is 0 Å². The van der Waals surface area contributed by atoms with E-state index in [-0.39, 0.29) is 82.6 Å². The van der Waals surface area contributed by atoms with E-state index in [0.717, 1.165) is 20.4 Å². The molecule has 0 saturated heterocycles. The Morgan fingerprint density at radius 1 is 1.17 bits per heavy atom. The molecule has 0 unspecified atom stereocenters. The van der Waals surface area contributed by atoms with Crippen molar-refractivity contribution in [3.63, 3.8) is 0 Å². The standard InChI is InChI=1S/Mn.Na.Ni.O.Ti.Zn.H. The van der Waals surface area contributed by atoms with Gasteiger partial charge >= 0.3 is 53.3 Å². The summed E-state index contributed by atoms with van der Waals surface area (Å²) in [5, 5.41) is 0. The first-order chi connectivity index (χ1) is 1.00. The van der Waals surface area contributed by atoms with Crippen molar-refractivity contribution in [2.24, 2.45) is 0 Å². The van der Waals surface area contributed by atoms with E-state index in [4.69, 9.17) is 3.32 Å². The van der Waals surface area contributed by atoms with Crippen molar-refractivity contribution in [3.05, 3.63) is 0 Å². The van der Waals surface area contributed by atoms with E-state index >= 15 is 0 Å². The SMILES string of the molecule is [Mn].[NaH].[Ni].[O]=[Ti].[Zn]. The summed E-state index contributed by atoms with van der Waals surface area (Å²) < 4.78 is 8.25. The summed E-state index contributed by atoms with van der Waals surface area (Å²) >= 11 is 0.750. The Kier molecular flexibility index (Phi) is 247. The summed E-state index contributed by atoms with van der Waals surface area (Å²) in [5.41, 5.74) is 0. The molecular formula is HMnNaNiOTiZn. The molecule has 0 bridgehead atoms. The number of rotatable bonds is 0. The van der Waals surface area contributed by atoms with Gasteiger partial charge < -0.3 is 0 Å². The van der Waals surface area contributed by atoms with Gasteiger partial charge in [0.05, 0.1) is 0 Å². The third kappa shape index (κ3) is 27.3. The number of hydrogen-bond donors (Lipinski definition) is 0. The third-order valence-corrected chi connectivity index (χ3v) is 0. The Morgan fingerprint density at radius 3 is 1.17 bits per heavy atom. The predicted molar refractivity (Wildman–Crippen MR) is 7.84 cm³/mol. The smallest absolute Gasteiger partial charge is 0 e. The Balaban J connectivity index is -0.000000000833. The molecule has 0 N–H and O–H groups in total. The van der Waals surface area contributed by atoms with Crippen LogP contribution < -0.4 is 0 Å². The van der Waals surface area contributed by atoms with Crippen molar-refractivity contribution in [1.29, 1.82) is 0 Å². The minimum Gasteiger partial charge on any atom is 0 e. The maximum Gasteiger partial charge on any atom is 0 e. The second-order valence-electron chi connectivity index (χ2n) is 0. The van der Waals surface area contributed by atoms with Gasteiger partial charge in [0, 0.05) is 53.0 Å². The summed E-state index contributed by atoms with van der Waals surface area (Å²) in [4.78, 5) is 0. The molecule has 6 heavy (non-hydrogen) atoms. The summed E-state index contributed by atoms with van der Waals surface area (Å²) in [6.07, 6.45) is 0. The molecule has 1 nitrogen and oxygen atoms in total. The van der Waals surface area contributed by atoms with Crippen LogP contribution in [0.3, 0.4) is 0 Å². The maximum atomic E-state index is 8.25. The largest absolute Gasteiger partial charge is 0 e. The van der Waals surface area contributed by atoms with Crippen LogP contribution in [0, 0.1) is 0 Å². The average molecular weight is 267 g/mol. The summed E-state index contributed by atoms with van der Waals surface area (Å²) in [6.45, 7) is 0. The normalized spacial score (nSPS) is 0.500. The molecule has 6 heteroatoms.